The summed E-state index contributed by atoms with van der Waals surface area (Å²) in [5, 5.41) is 8.09. The molecule has 3 N–H and O–H groups in total. The second-order valence-electron chi connectivity index (χ2n) is 6.32. The van der Waals surface area contributed by atoms with Crippen LogP contribution in [-0.2, 0) is 19.6 Å². The van der Waals surface area contributed by atoms with Crippen LogP contribution in [-0.4, -0.2) is 27.0 Å². The third-order valence-corrected chi connectivity index (χ3v) is 5.09. The Morgan fingerprint density at radius 1 is 1.35 bits per heavy atom. The SMILES string of the molecule is CC(C)[C@@H]1OCC[C@H]1C(=O)N[C@@H](C)c1cccc(S(N)(=O)=O)c1. The Bertz CT molecular complexity index is 672. The van der Waals surface area contributed by atoms with Gasteiger partial charge in [-0.25, -0.2) is 13.6 Å². The zero-order chi connectivity index (χ0) is 17.2. The number of carbonyl (C=O) groups is 1. The van der Waals surface area contributed by atoms with Gasteiger partial charge in [-0.3, -0.25) is 4.79 Å². The van der Waals surface area contributed by atoms with Crippen molar-refractivity contribution in [1.29, 1.82) is 0 Å². The fraction of sp³-hybridized carbons (Fsp3) is 0.562. The van der Waals surface area contributed by atoms with Crippen molar-refractivity contribution in [3.63, 3.8) is 0 Å². The second kappa shape index (κ2) is 6.98. The molecule has 0 unspecified atom stereocenters. The van der Waals surface area contributed by atoms with E-state index in [-0.39, 0.29) is 34.8 Å². The van der Waals surface area contributed by atoms with Crippen molar-refractivity contribution in [3.8, 4) is 0 Å². The van der Waals surface area contributed by atoms with Crippen molar-refractivity contribution < 1.29 is 17.9 Å². The maximum atomic E-state index is 12.5. The number of ether oxygens (including phenoxy) is 1. The summed E-state index contributed by atoms with van der Waals surface area (Å²) in [6, 6.07) is 6.01. The molecule has 0 spiro atoms. The minimum Gasteiger partial charge on any atom is -0.377 e. The van der Waals surface area contributed by atoms with Crippen LogP contribution in [0, 0.1) is 11.8 Å². The Balaban J connectivity index is 2.10. The molecular weight excluding hydrogens is 316 g/mol. The molecule has 0 aromatic heterocycles. The molecule has 128 valence electrons. The number of hydrogen-bond acceptors (Lipinski definition) is 4. The molecule has 3 atom stereocenters. The molecule has 6 nitrogen and oxygen atoms in total. The number of primary sulfonamides is 1. The molecule has 1 aliphatic rings. The van der Waals surface area contributed by atoms with E-state index in [1.807, 2.05) is 20.8 Å². The number of hydrogen-bond donors (Lipinski definition) is 2. The van der Waals surface area contributed by atoms with Crippen molar-refractivity contribution in [2.45, 2.75) is 44.2 Å². The Morgan fingerprint density at radius 3 is 2.65 bits per heavy atom. The molecule has 7 heteroatoms. The highest BCUT2D eigenvalue weighted by molar-refractivity contribution is 7.89. The number of nitrogens with two attached hydrogens (primary N) is 1. The topological polar surface area (TPSA) is 98.5 Å². The van der Waals surface area contributed by atoms with E-state index in [0.29, 0.717) is 18.6 Å². The average molecular weight is 340 g/mol. The molecular formula is C16H24N2O4S. The summed E-state index contributed by atoms with van der Waals surface area (Å²) in [4.78, 5) is 12.5. The number of nitrogens with one attached hydrogen (secondary N) is 1. The van der Waals surface area contributed by atoms with Gasteiger partial charge in [-0.2, -0.15) is 0 Å². The zero-order valence-corrected chi connectivity index (χ0v) is 14.5. The molecule has 0 aliphatic carbocycles. The van der Waals surface area contributed by atoms with Gasteiger partial charge in [0.2, 0.25) is 15.9 Å². The maximum Gasteiger partial charge on any atom is 0.238 e. The van der Waals surface area contributed by atoms with Crippen LogP contribution in [0.15, 0.2) is 29.2 Å². The first-order valence-corrected chi connectivity index (χ1v) is 9.29. The quantitative estimate of drug-likeness (QED) is 0.850. The predicted molar refractivity (Wildman–Crippen MR) is 87.1 cm³/mol. The van der Waals surface area contributed by atoms with Crippen molar-refractivity contribution in [3.05, 3.63) is 29.8 Å². The van der Waals surface area contributed by atoms with Crippen molar-refractivity contribution in [1.82, 2.24) is 5.32 Å². The summed E-state index contributed by atoms with van der Waals surface area (Å²) >= 11 is 0. The largest absolute Gasteiger partial charge is 0.377 e. The van der Waals surface area contributed by atoms with Gasteiger partial charge in [0.1, 0.15) is 0 Å². The highest BCUT2D eigenvalue weighted by Crippen LogP contribution is 2.28. The minimum atomic E-state index is -3.76. The van der Waals surface area contributed by atoms with Crippen LogP contribution in [0.3, 0.4) is 0 Å². The van der Waals surface area contributed by atoms with E-state index in [0.717, 1.165) is 0 Å². The fourth-order valence-electron chi connectivity index (χ4n) is 2.91. The van der Waals surface area contributed by atoms with Gasteiger partial charge < -0.3 is 10.1 Å². The first-order chi connectivity index (χ1) is 10.7. The molecule has 1 heterocycles. The molecule has 1 aromatic rings. The third-order valence-electron chi connectivity index (χ3n) is 4.17. The summed E-state index contributed by atoms with van der Waals surface area (Å²) in [6.07, 6.45) is 0.636. The predicted octanol–water partition coefficient (Wildman–Crippen LogP) is 1.57. The average Bonchev–Trinajstić information content (AvgIpc) is 2.96. The zero-order valence-electron chi connectivity index (χ0n) is 13.7. The highest BCUT2D eigenvalue weighted by Gasteiger charge is 2.36. The van der Waals surface area contributed by atoms with Crippen LogP contribution in [0.1, 0.15) is 38.8 Å². The summed E-state index contributed by atoms with van der Waals surface area (Å²) < 4.78 is 28.5. The Kier molecular flexibility index (Phi) is 5.44. The van der Waals surface area contributed by atoms with Gasteiger partial charge in [0.15, 0.2) is 0 Å². The standard InChI is InChI=1S/C16H24N2O4S/c1-10(2)15-14(7-8-22-15)16(19)18-11(3)12-5-4-6-13(9-12)23(17,20)21/h4-6,9-11,14-15H,7-8H2,1-3H3,(H,18,19)(H2,17,20,21)/t11-,14+,15-/m0/s1. The van der Waals surface area contributed by atoms with E-state index in [1.54, 1.807) is 12.1 Å². The molecule has 2 rings (SSSR count). The number of rotatable bonds is 5. The van der Waals surface area contributed by atoms with Crippen LogP contribution in [0.2, 0.25) is 0 Å². The monoisotopic (exact) mass is 340 g/mol. The van der Waals surface area contributed by atoms with Gasteiger partial charge in [0.25, 0.3) is 0 Å². The summed E-state index contributed by atoms with van der Waals surface area (Å²) in [5.41, 5.74) is 0.699. The Morgan fingerprint density at radius 2 is 2.04 bits per heavy atom. The first-order valence-electron chi connectivity index (χ1n) is 7.75. The van der Waals surface area contributed by atoms with Crippen molar-refractivity contribution >= 4 is 15.9 Å². The van der Waals surface area contributed by atoms with Gasteiger partial charge in [0.05, 0.1) is 23.0 Å². The molecule has 1 amide bonds. The number of benzene rings is 1. The van der Waals surface area contributed by atoms with Gasteiger partial charge in [-0.1, -0.05) is 26.0 Å². The van der Waals surface area contributed by atoms with E-state index in [9.17, 15) is 13.2 Å². The molecule has 0 saturated carbocycles. The normalized spacial score (nSPS) is 23.0. The molecule has 1 aliphatic heterocycles. The number of amides is 1. The third kappa shape index (κ3) is 4.31. The van der Waals surface area contributed by atoms with Gasteiger partial charge in [0, 0.05) is 6.61 Å². The van der Waals surface area contributed by atoms with E-state index < -0.39 is 10.0 Å². The van der Waals surface area contributed by atoms with Crippen LogP contribution in [0.4, 0.5) is 0 Å². The van der Waals surface area contributed by atoms with Crippen LogP contribution in [0.5, 0.6) is 0 Å². The smallest absolute Gasteiger partial charge is 0.238 e. The lowest BCUT2D eigenvalue weighted by Crippen LogP contribution is -2.38. The van der Waals surface area contributed by atoms with Gasteiger partial charge >= 0.3 is 0 Å². The second-order valence-corrected chi connectivity index (χ2v) is 7.88. The molecule has 1 aromatic carbocycles. The summed E-state index contributed by atoms with van der Waals surface area (Å²) in [5.74, 6) is 0.0443. The number of carbonyl (C=O) groups excluding carboxylic acids is 1. The minimum absolute atomic E-state index is 0.0420. The van der Waals surface area contributed by atoms with E-state index in [4.69, 9.17) is 9.88 Å². The lowest BCUT2D eigenvalue weighted by molar-refractivity contribution is -0.128. The van der Waals surface area contributed by atoms with E-state index >= 15 is 0 Å². The molecule has 23 heavy (non-hydrogen) atoms. The Labute approximate surface area is 137 Å². The molecule has 1 saturated heterocycles. The first kappa shape index (κ1) is 17.9. The molecule has 0 radical (unpaired) electrons. The Hall–Kier alpha value is -1.44. The van der Waals surface area contributed by atoms with Gasteiger partial charge in [-0.15, -0.1) is 0 Å². The van der Waals surface area contributed by atoms with E-state index in [1.165, 1.54) is 12.1 Å². The van der Waals surface area contributed by atoms with Crippen LogP contribution < -0.4 is 10.5 Å². The lowest BCUT2D eigenvalue weighted by atomic mass is 9.92. The summed E-state index contributed by atoms with van der Waals surface area (Å²) in [7, 11) is -3.76. The maximum absolute atomic E-state index is 12.5. The van der Waals surface area contributed by atoms with Crippen LogP contribution in [0.25, 0.3) is 0 Å². The van der Waals surface area contributed by atoms with Crippen LogP contribution >= 0.6 is 0 Å². The number of sulfonamides is 1. The van der Waals surface area contributed by atoms with Gasteiger partial charge in [-0.05, 0) is 37.0 Å². The fourth-order valence-corrected chi connectivity index (χ4v) is 3.48. The summed E-state index contributed by atoms with van der Waals surface area (Å²) in [6.45, 7) is 6.49. The molecule has 1 fully saturated rings. The van der Waals surface area contributed by atoms with Crippen molar-refractivity contribution in [2.75, 3.05) is 6.61 Å². The molecule has 0 bridgehead atoms. The van der Waals surface area contributed by atoms with Crippen molar-refractivity contribution in [2.24, 2.45) is 17.0 Å². The lowest BCUT2D eigenvalue weighted by Gasteiger charge is -2.23. The van der Waals surface area contributed by atoms with E-state index in [2.05, 4.69) is 5.32 Å². The highest BCUT2D eigenvalue weighted by atomic mass is 32.2.